The van der Waals surface area contributed by atoms with Crippen molar-refractivity contribution in [1.82, 2.24) is 29.4 Å². The Hall–Kier alpha value is -1.62. The van der Waals surface area contributed by atoms with Crippen LogP contribution in [0.25, 0.3) is 14.8 Å². The van der Waals surface area contributed by atoms with Gasteiger partial charge in [0.15, 0.2) is 5.01 Å². The van der Waals surface area contributed by atoms with Gasteiger partial charge >= 0.3 is 6.18 Å². The van der Waals surface area contributed by atoms with E-state index in [2.05, 4.69) is 24.9 Å². The molecule has 0 saturated heterocycles. The molecule has 3 heterocycles. The van der Waals surface area contributed by atoms with E-state index < -0.39 is 12.0 Å². The summed E-state index contributed by atoms with van der Waals surface area (Å²) in [6.45, 7) is 1.71. The van der Waals surface area contributed by atoms with Gasteiger partial charge in [-0.25, -0.2) is 0 Å². The average molecular weight is 292 g/mol. The zero-order valence-electron chi connectivity index (χ0n) is 8.63. The zero-order chi connectivity index (χ0) is 12.9. The summed E-state index contributed by atoms with van der Waals surface area (Å²) in [6.07, 6.45) is -4.58. The first kappa shape index (κ1) is 11.5. The summed E-state index contributed by atoms with van der Waals surface area (Å²) in [7, 11) is 0. The van der Waals surface area contributed by atoms with Crippen LogP contribution in [0.5, 0.6) is 0 Å². The second-order valence-corrected chi connectivity index (χ2v) is 5.02. The molecule has 0 bridgehead atoms. The molecule has 0 aromatic carbocycles. The van der Waals surface area contributed by atoms with Gasteiger partial charge in [-0.15, -0.1) is 15.3 Å². The number of alkyl halides is 3. The summed E-state index contributed by atoms with van der Waals surface area (Å²) in [5.74, 6) is -1.13. The van der Waals surface area contributed by atoms with Crippen LogP contribution in [0.3, 0.4) is 0 Å². The molecule has 3 rings (SSSR count). The number of aromatic nitrogens is 6. The normalized spacial score (nSPS) is 12.4. The molecule has 0 atom stereocenters. The lowest BCUT2D eigenvalue weighted by Crippen LogP contribution is -2.11. The first-order chi connectivity index (χ1) is 8.47. The van der Waals surface area contributed by atoms with Gasteiger partial charge in [0.05, 0.1) is 5.69 Å². The van der Waals surface area contributed by atoms with Crippen molar-refractivity contribution in [3.63, 3.8) is 0 Å². The Bertz CT molecular complexity index is 710. The lowest BCUT2D eigenvalue weighted by Gasteiger charge is -1.99. The lowest BCUT2D eigenvalue weighted by molar-refractivity contribution is -0.146. The van der Waals surface area contributed by atoms with Gasteiger partial charge in [-0.1, -0.05) is 15.8 Å². The molecule has 0 saturated carbocycles. The van der Waals surface area contributed by atoms with Gasteiger partial charge in [-0.3, -0.25) is 0 Å². The minimum absolute atomic E-state index is 0.0881. The maximum Gasteiger partial charge on any atom is 0.453 e. The van der Waals surface area contributed by atoms with Crippen molar-refractivity contribution in [3.05, 3.63) is 11.5 Å². The van der Waals surface area contributed by atoms with E-state index in [0.29, 0.717) is 20.1 Å². The van der Waals surface area contributed by atoms with Crippen molar-refractivity contribution in [1.29, 1.82) is 0 Å². The summed E-state index contributed by atoms with van der Waals surface area (Å²) in [5.41, 5.74) is 0.624. The number of hydrogen-bond acceptors (Lipinski definition) is 7. The second-order valence-electron chi connectivity index (χ2n) is 3.31. The van der Waals surface area contributed by atoms with E-state index in [-0.39, 0.29) is 4.96 Å². The van der Waals surface area contributed by atoms with Crippen molar-refractivity contribution >= 4 is 27.8 Å². The summed E-state index contributed by atoms with van der Waals surface area (Å²) < 4.78 is 42.2. The highest BCUT2D eigenvalue weighted by Gasteiger charge is 2.38. The van der Waals surface area contributed by atoms with Crippen LogP contribution in [-0.4, -0.2) is 29.4 Å². The fourth-order valence-corrected chi connectivity index (χ4v) is 2.92. The molecular weight excluding hydrogens is 289 g/mol. The molecule has 18 heavy (non-hydrogen) atoms. The fraction of sp³-hybridized carbons (Fsp3) is 0.286. The van der Waals surface area contributed by atoms with Gasteiger partial charge < -0.3 is 0 Å². The topological polar surface area (TPSA) is 68.9 Å². The molecule has 0 fully saturated rings. The molecule has 0 spiro atoms. The Morgan fingerprint density at radius 2 is 1.94 bits per heavy atom. The van der Waals surface area contributed by atoms with Gasteiger partial charge in [-0.05, 0) is 18.5 Å². The monoisotopic (exact) mass is 292 g/mol. The van der Waals surface area contributed by atoms with Gasteiger partial charge in [0, 0.05) is 0 Å². The Morgan fingerprint density at radius 1 is 1.17 bits per heavy atom. The minimum Gasteiger partial charge on any atom is -0.178 e. The first-order valence-corrected chi connectivity index (χ1v) is 6.14. The summed E-state index contributed by atoms with van der Waals surface area (Å²) >= 11 is 2.09. The lowest BCUT2D eigenvalue weighted by atomic mass is 10.4. The molecular formula is C7H3F3N6S2. The number of nitrogens with zero attached hydrogens (tertiary/aromatic N) is 6. The van der Waals surface area contributed by atoms with Crippen molar-refractivity contribution in [2.75, 3.05) is 0 Å². The standard InChI is InChI=1S/C7H3F3N6S2/c1-2-3(18-15-11-2)4-14-16-5(7(8,9)10)12-13-6(16)17-4/h1H3. The third-order valence-electron chi connectivity index (χ3n) is 2.09. The van der Waals surface area contributed by atoms with Crippen molar-refractivity contribution in [2.24, 2.45) is 0 Å². The van der Waals surface area contributed by atoms with Gasteiger partial charge in [0.1, 0.15) is 4.88 Å². The van der Waals surface area contributed by atoms with E-state index in [1.807, 2.05) is 0 Å². The van der Waals surface area contributed by atoms with Crippen LogP contribution in [0.2, 0.25) is 0 Å². The Morgan fingerprint density at radius 3 is 2.56 bits per heavy atom. The molecule has 0 amide bonds. The Labute approximate surface area is 105 Å². The fourth-order valence-electron chi connectivity index (χ4n) is 1.31. The molecule has 0 aliphatic heterocycles. The van der Waals surface area contributed by atoms with E-state index in [0.717, 1.165) is 22.9 Å². The maximum atomic E-state index is 12.6. The molecule has 0 aliphatic carbocycles. The highest BCUT2D eigenvalue weighted by molar-refractivity contribution is 7.23. The van der Waals surface area contributed by atoms with Crippen LogP contribution in [-0.2, 0) is 6.18 Å². The van der Waals surface area contributed by atoms with E-state index in [9.17, 15) is 13.2 Å². The number of fused-ring (bicyclic) bond motifs is 1. The van der Waals surface area contributed by atoms with Crippen molar-refractivity contribution in [2.45, 2.75) is 13.1 Å². The van der Waals surface area contributed by atoms with Gasteiger partial charge in [0.25, 0.3) is 5.82 Å². The van der Waals surface area contributed by atoms with Crippen molar-refractivity contribution in [3.8, 4) is 9.88 Å². The molecule has 11 heteroatoms. The van der Waals surface area contributed by atoms with Crippen LogP contribution in [0.1, 0.15) is 11.5 Å². The van der Waals surface area contributed by atoms with E-state index in [1.54, 1.807) is 6.92 Å². The third-order valence-corrected chi connectivity index (χ3v) is 3.97. The third kappa shape index (κ3) is 1.66. The number of halogens is 3. The van der Waals surface area contributed by atoms with Gasteiger partial charge in [-0.2, -0.15) is 22.8 Å². The second kappa shape index (κ2) is 3.68. The molecule has 0 N–H and O–H groups in total. The van der Waals surface area contributed by atoms with E-state index in [1.165, 1.54) is 0 Å². The number of aryl methyl sites for hydroxylation is 1. The molecule has 94 valence electrons. The largest absolute Gasteiger partial charge is 0.453 e. The van der Waals surface area contributed by atoms with Crippen LogP contribution in [0.15, 0.2) is 0 Å². The predicted molar refractivity (Wildman–Crippen MR) is 57.3 cm³/mol. The Balaban J connectivity index is 2.19. The molecule has 6 nitrogen and oxygen atoms in total. The van der Waals surface area contributed by atoms with Gasteiger partial charge in [0.2, 0.25) is 4.96 Å². The Kier molecular flexibility index (Phi) is 2.35. The molecule has 0 radical (unpaired) electrons. The van der Waals surface area contributed by atoms with Crippen LogP contribution < -0.4 is 0 Å². The minimum atomic E-state index is -4.58. The summed E-state index contributed by atoms with van der Waals surface area (Å²) in [4.78, 5) is 0.726. The maximum absolute atomic E-state index is 12.6. The van der Waals surface area contributed by atoms with Crippen molar-refractivity contribution < 1.29 is 13.2 Å². The number of rotatable bonds is 1. The zero-order valence-corrected chi connectivity index (χ0v) is 10.3. The van der Waals surface area contributed by atoms with Crippen LogP contribution in [0.4, 0.5) is 13.2 Å². The summed E-state index contributed by atoms with van der Waals surface area (Å²) in [6, 6.07) is 0. The molecule has 3 aromatic rings. The molecule has 0 unspecified atom stereocenters. The van der Waals surface area contributed by atoms with Crippen LogP contribution >= 0.6 is 22.9 Å². The highest BCUT2D eigenvalue weighted by atomic mass is 32.1. The summed E-state index contributed by atoms with van der Waals surface area (Å²) in [5, 5.41) is 14.6. The number of hydrogen-bond donors (Lipinski definition) is 0. The molecule has 0 aliphatic rings. The van der Waals surface area contributed by atoms with Crippen LogP contribution in [0, 0.1) is 6.92 Å². The molecule has 3 aromatic heterocycles. The quantitative estimate of drug-likeness (QED) is 0.686. The predicted octanol–water partition coefficient (Wildman–Crippen LogP) is 2.03. The first-order valence-electron chi connectivity index (χ1n) is 4.55. The average Bonchev–Trinajstić information content (AvgIpc) is 2.87. The SMILES string of the molecule is Cc1nnsc1-c1nn2c(C(F)(F)F)nnc2s1. The van der Waals surface area contributed by atoms with E-state index in [4.69, 9.17) is 0 Å². The van der Waals surface area contributed by atoms with E-state index >= 15 is 0 Å². The smallest absolute Gasteiger partial charge is 0.178 e. The highest BCUT2D eigenvalue weighted by Crippen LogP contribution is 2.33.